The molecule has 27 heavy (non-hydrogen) atoms. The Balaban J connectivity index is 1.41. The van der Waals surface area contributed by atoms with Gasteiger partial charge in [0.2, 0.25) is 11.8 Å². The van der Waals surface area contributed by atoms with Gasteiger partial charge in [-0.05, 0) is 11.1 Å². The van der Waals surface area contributed by atoms with Crippen molar-refractivity contribution in [2.45, 2.75) is 0 Å². The number of hydrogen-bond donors (Lipinski definition) is 1. The summed E-state index contributed by atoms with van der Waals surface area (Å²) in [7, 11) is 0. The summed E-state index contributed by atoms with van der Waals surface area (Å²) in [6, 6.07) is 18.4. The highest BCUT2D eigenvalue weighted by molar-refractivity contribution is 8.00. The molecular weight excluding hydrogens is 378 g/mol. The van der Waals surface area contributed by atoms with Crippen LogP contribution < -0.4 is 5.32 Å². The highest BCUT2D eigenvalue weighted by Crippen LogP contribution is 2.27. The van der Waals surface area contributed by atoms with Crippen molar-refractivity contribution in [3.63, 3.8) is 0 Å². The topological polar surface area (TPSA) is 62.3 Å². The molecule has 3 aromatic rings. The van der Waals surface area contributed by atoms with Gasteiger partial charge in [-0.15, -0.1) is 23.1 Å². The van der Waals surface area contributed by atoms with Crippen molar-refractivity contribution in [2.75, 3.05) is 23.5 Å². The molecule has 0 radical (unpaired) electrons. The molecule has 136 valence electrons. The van der Waals surface area contributed by atoms with Crippen LogP contribution in [0.5, 0.6) is 0 Å². The molecule has 0 spiro atoms. The van der Waals surface area contributed by atoms with Crippen LogP contribution in [0.4, 0.5) is 5.13 Å². The Bertz CT molecular complexity index is 955. The molecule has 4 rings (SSSR count). The molecule has 2 heterocycles. The number of carbonyl (C=O) groups is 2. The summed E-state index contributed by atoms with van der Waals surface area (Å²) >= 11 is 2.90. The van der Waals surface area contributed by atoms with Crippen LogP contribution in [0.25, 0.3) is 22.4 Å². The lowest BCUT2D eigenvalue weighted by Gasteiger charge is -2.13. The number of benzene rings is 2. The number of hydrogen-bond acceptors (Lipinski definition) is 5. The molecule has 1 aliphatic rings. The van der Waals surface area contributed by atoms with E-state index < -0.39 is 0 Å². The van der Waals surface area contributed by atoms with Crippen LogP contribution in [0.3, 0.4) is 0 Å². The first-order valence-corrected chi connectivity index (χ1v) is 10.5. The average Bonchev–Trinajstić information content (AvgIpc) is 3.32. The minimum atomic E-state index is -0.217. The van der Waals surface area contributed by atoms with Gasteiger partial charge in [-0.1, -0.05) is 54.6 Å². The maximum absolute atomic E-state index is 12.1. The van der Waals surface area contributed by atoms with Crippen LogP contribution in [-0.2, 0) is 9.59 Å². The van der Waals surface area contributed by atoms with Gasteiger partial charge >= 0.3 is 0 Å². The number of thioether (sulfide) groups is 1. The molecule has 2 aromatic carbocycles. The van der Waals surface area contributed by atoms with Gasteiger partial charge in [-0.25, -0.2) is 4.98 Å². The predicted molar refractivity (Wildman–Crippen MR) is 111 cm³/mol. The minimum Gasteiger partial charge on any atom is -0.323 e. The van der Waals surface area contributed by atoms with Crippen molar-refractivity contribution in [2.24, 2.45) is 0 Å². The minimum absolute atomic E-state index is 0.00786. The molecule has 2 amide bonds. The van der Waals surface area contributed by atoms with Crippen LogP contribution in [-0.4, -0.2) is 39.9 Å². The summed E-state index contributed by atoms with van der Waals surface area (Å²) in [5, 5.41) is 5.25. The van der Waals surface area contributed by atoms with Gasteiger partial charge in [0.25, 0.3) is 0 Å². The van der Waals surface area contributed by atoms with E-state index in [9.17, 15) is 9.59 Å². The predicted octanol–water partition coefficient (Wildman–Crippen LogP) is 3.95. The van der Waals surface area contributed by atoms with Crippen LogP contribution >= 0.6 is 23.1 Å². The SMILES string of the molecule is O=C(CN1CSCC1=O)Nc1nc(-c2ccc(-c3ccccc3)cc2)cs1. The van der Waals surface area contributed by atoms with Crippen LogP contribution in [0.1, 0.15) is 0 Å². The van der Waals surface area contributed by atoms with Crippen LogP contribution in [0.15, 0.2) is 60.0 Å². The lowest BCUT2D eigenvalue weighted by Crippen LogP contribution is -2.34. The molecule has 0 unspecified atom stereocenters. The highest BCUT2D eigenvalue weighted by Gasteiger charge is 2.23. The van der Waals surface area contributed by atoms with E-state index in [2.05, 4.69) is 34.6 Å². The second kappa shape index (κ2) is 7.94. The van der Waals surface area contributed by atoms with Gasteiger partial charge in [0.1, 0.15) is 6.54 Å². The first-order valence-electron chi connectivity index (χ1n) is 8.46. The number of aromatic nitrogens is 1. The Kier molecular flexibility index (Phi) is 5.22. The zero-order valence-electron chi connectivity index (χ0n) is 14.4. The number of rotatable bonds is 5. The molecule has 0 bridgehead atoms. The molecule has 1 N–H and O–H groups in total. The standard InChI is InChI=1S/C20H17N3O2S2/c24-18(10-23-13-26-12-19(23)25)22-20-21-17(11-27-20)16-8-6-15(7-9-16)14-4-2-1-3-5-14/h1-9,11H,10,12-13H2,(H,21,22,24). The quantitative estimate of drug-likeness (QED) is 0.711. The maximum Gasteiger partial charge on any atom is 0.245 e. The van der Waals surface area contributed by atoms with Gasteiger partial charge in [0.15, 0.2) is 5.13 Å². The van der Waals surface area contributed by atoms with E-state index in [0.717, 1.165) is 16.8 Å². The number of amides is 2. The van der Waals surface area contributed by atoms with Crippen molar-refractivity contribution >= 4 is 40.0 Å². The number of nitrogens with one attached hydrogen (secondary N) is 1. The maximum atomic E-state index is 12.1. The van der Waals surface area contributed by atoms with Crippen molar-refractivity contribution < 1.29 is 9.59 Å². The normalized spacial score (nSPS) is 13.8. The summed E-state index contributed by atoms with van der Waals surface area (Å²) in [5.74, 6) is 0.816. The Hall–Kier alpha value is -2.64. The number of nitrogens with zero attached hydrogens (tertiary/aromatic N) is 2. The summed E-state index contributed by atoms with van der Waals surface area (Å²) in [6.07, 6.45) is 0. The number of carbonyl (C=O) groups excluding carboxylic acids is 2. The fourth-order valence-electron chi connectivity index (χ4n) is 2.80. The first-order chi connectivity index (χ1) is 13.2. The first kappa shape index (κ1) is 17.8. The summed E-state index contributed by atoms with van der Waals surface area (Å²) in [4.78, 5) is 29.8. The van der Waals surface area contributed by atoms with Gasteiger partial charge in [0.05, 0.1) is 17.3 Å². The number of thiazole rings is 1. The zero-order chi connectivity index (χ0) is 18.6. The molecule has 0 atom stereocenters. The second-order valence-electron chi connectivity index (χ2n) is 6.10. The second-order valence-corrected chi connectivity index (χ2v) is 7.91. The summed E-state index contributed by atoms with van der Waals surface area (Å²) in [6.45, 7) is 0.0759. The van der Waals surface area contributed by atoms with Gasteiger partial charge in [-0.2, -0.15) is 0 Å². The third kappa shape index (κ3) is 4.20. The van der Waals surface area contributed by atoms with Crippen LogP contribution in [0.2, 0.25) is 0 Å². The van der Waals surface area contributed by atoms with Gasteiger partial charge in [0, 0.05) is 10.9 Å². The van der Waals surface area contributed by atoms with E-state index in [-0.39, 0.29) is 18.4 Å². The van der Waals surface area contributed by atoms with Crippen LogP contribution in [0, 0.1) is 0 Å². The van der Waals surface area contributed by atoms with E-state index in [1.807, 2.05) is 35.7 Å². The molecular formula is C20H17N3O2S2. The Morgan fingerprint density at radius 2 is 1.74 bits per heavy atom. The zero-order valence-corrected chi connectivity index (χ0v) is 16.1. The van der Waals surface area contributed by atoms with Crippen molar-refractivity contribution in [3.05, 3.63) is 60.0 Å². The summed E-state index contributed by atoms with van der Waals surface area (Å²) in [5.41, 5.74) is 4.14. The van der Waals surface area contributed by atoms with E-state index in [1.54, 1.807) is 4.90 Å². The van der Waals surface area contributed by atoms with E-state index >= 15 is 0 Å². The van der Waals surface area contributed by atoms with Gasteiger partial charge < -0.3 is 10.2 Å². The summed E-state index contributed by atoms with van der Waals surface area (Å²) < 4.78 is 0. The van der Waals surface area contributed by atoms with E-state index in [0.29, 0.717) is 16.8 Å². The Morgan fingerprint density at radius 3 is 2.44 bits per heavy atom. The molecule has 0 aliphatic carbocycles. The Morgan fingerprint density at radius 1 is 1.04 bits per heavy atom. The van der Waals surface area contributed by atoms with Crippen molar-refractivity contribution in [3.8, 4) is 22.4 Å². The molecule has 0 saturated carbocycles. The molecule has 1 fully saturated rings. The molecule has 1 saturated heterocycles. The molecule has 1 aliphatic heterocycles. The lowest BCUT2D eigenvalue weighted by atomic mass is 10.0. The average molecular weight is 396 g/mol. The number of anilines is 1. The lowest BCUT2D eigenvalue weighted by molar-refractivity contribution is -0.130. The largest absolute Gasteiger partial charge is 0.323 e. The third-order valence-corrected chi connectivity index (χ3v) is 5.90. The van der Waals surface area contributed by atoms with Crippen molar-refractivity contribution in [1.29, 1.82) is 0 Å². The monoisotopic (exact) mass is 395 g/mol. The fraction of sp³-hybridized carbons (Fsp3) is 0.150. The Labute approximate surface area is 165 Å². The van der Waals surface area contributed by atoms with E-state index in [4.69, 9.17) is 0 Å². The van der Waals surface area contributed by atoms with Gasteiger partial charge in [-0.3, -0.25) is 9.59 Å². The van der Waals surface area contributed by atoms with Crippen molar-refractivity contribution in [1.82, 2.24) is 9.88 Å². The molecule has 5 nitrogen and oxygen atoms in total. The molecule has 7 heteroatoms. The third-order valence-electron chi connectivity index (χ3n) is 4.20. The van der Waals surface area contributed by atoms with E-state index in [1.165, 1.54) is 28.7 Å². The highest BCUT2D eigenvalue weighted by atomic mass is 32.2. The fourth-order valence-corrected chi connectivity index (χ4v) is 4.44. The molecule has 1 aromatic heterocycles. The smallest absolute Gasteiger partial charge is 0.245 e.